The topological polar surface area (TPSA) is 156 Å². The number of primary amides is 1. The van der Waals surface area contributed by atoms with Crippen LogP contribution in [-0.2, 0) is 38.6 Å². The summed E-state index contributed by atoms with van der Waals surface area (Å²) in [6.07, 6.45) is 1.06. The zero-order chi connectivity index (χ0) is 31.0. The van der Waals surface area contributed by atoms with E-state index >= 15 is 0 Å². The van der Waals surface area contributed by atoms with Crippen molar-refractivity contribution in [2.45, 2.75) is 32.7 Å². The van der Waals surface area contributed by atoms with E-state index in [2.05, 4.69) is 14.9 Å². The minimum atomic E-state index is -3.61. The van der Waals surface area contributed by atoms with E-state index in [1.807, 2.05) is 56.7 Å². The second-order valence-corrected chi connectivity index (χ2v) is 13.3. The van der Waals surface area contributed by atoms with Crippen molar-refractivity contribution in [3.05, 3.63) is 53.2 Å². The first kappa shape index (κ1) is 30.8. The van der Waals surface area contributed by atoms with E-state index in [9.17, 15) is 22.8 Å². The summed E-state index contributed by atoms with van der Waals surface area (Å²) < 4.78 is 34.0. The molecule has 1 fully saturated rings. The number of para-hydroxylation sites is 1. The molecule has 0 bridgehead atoms. The third kappa shape index (κ3) is 6.68. The maximum Gasteiger partial charge on any atom is 0.311 e. The van der Waals surface area contributed by atoms with Crippen molar-refractivity contribution in [3.63, 3.8) is 0 Å². The molecule has 0 aliphatic carbocycles. The summed E-state index contributed by atoms with van der Waals surface area (Å²) in [6.45, 7) is 8.55. The van der Waals surface area contributed by atoms with Crippen LogP contribution in [0.2, 0.25) is 0 Å². The number of nitrogens with one attached hydrogen (secondary N) is 2. The number of aryl methyl sites for hydroxylation is 1. The predicted octanol–water partition coefficient (Wildman–Crippen LogP) is 2.24. The van der Waals surface area contributed by atoms with Crippen LogP contribution in [0.4, 0.5) is 11.4 Å². The van der Waals surface area contributed by atoms with Gasteiger partial charge in [-0.25, -0.2) is 8.42 Å². The summed E-state index contributed by atoms with van der Waals surface area (Å²) in [6, 6.07) is 11.2. The van der Waals surface area contributed by atoms with Gasteiger partial charge in [-0.1, -0.05) is 39.0 Å². The van der Waals surface area contributed by atoms with Crippen molar-refractivity contribution < 1.29 is 27.5 Å². The molecular weight excluding hydrogens is 560 g/mol. The molecule has 0 radical (unpaired) electrons. The average molecular weight is 599 g/mol. The molecule has 0 spiro atoms. The molecule has 226 valence electrons. The molecule has 0 saturated carbocycles. The summed E-state index contributed by atoms with van der Waals surface area (Å²) in [5.74, 6) is -1.80. The predicted molar refractivity (Wildman–Crippen MR) is 162 cm³/mol. The highest BCUT2D eigenvalue weighted by molar-refractivity contribution is 7.92. The molecule has 13 heteroatoms. The lowest BCUT2D eigenvalue weighted by Gasteiger charge is -2.34. The van der Waals surface area contributed by atoms with Crippen molar-refractivity contribution in [3.8, 4) is 5.75 Å². The molecule has 3 amide bonds. The molecule has 1 aliphatic rings. The number of sulfonamides is 1. The van der Waals surface area contributed by atoms with Gasteiger partial charge in [-0.3, -0.25) is 24.0 Å². The number of anilines is 2. The van der Waals surface area contributed by atoms with Gasteiger partial charge in [0.25, 0.3) is 5.91 Å². The minimum Gasteiger partial charge on any atom is -0.492 e. The number of benzene rings is 2. The van der Waals surface area contributed by atoms with Gasteiger partial charge >= 0.3 is 11.8 Å². The Morgan fingerprint density at radius 3 is 2.24 bits per heavy atom. The minimum absolute atomic E-state index is 0.204. The van der Waals surface area contributed by atoms with Crippen LogP contribution in [0.3, 0.4) is 0 Å². The number of fused-ring (bicyclic) bond motifs is 1. The fourth-order valence-electron chi connectivity index (χ4n) is 5.19. The number of hydrogen-bond donors (Lipinski definition) is 3. The first-order valence-corrected chi connectivity index (χ1v) is 15.4. The summed E-state index contributed by atoms with van der Waals surface area (Å²) in [5, 5.41) is 3.82. The fraction of sp³-hybridized carbons (Fsp3) is 0.414. The number of carbonyl (C=O) groups excluding carboxylic acids is 3. The average Bonchev–Trinajstić information content (AvgIpc) is 3.24. The van der Waals surface area contributed by atoms with Crippen LogP contribution in [0, 0.1) is 0 Å². The Morgan fingerprint density at radius 1 is 1.02 bits per heavy atom. The molecule has 1 aromatic heterocycles. The van der Waals surface area contributed by atoms with Gasteiger partial charge in [0.2, 0.25) is 10.0 Å². The van der Waals surface area contributed by atoms with Crippen molar-refractivity contribution in [1.82, 2.24) is 14.4 Å². The van der Waals surface area contributed by atoms with Crippen LogP contribution in [0.25, 0.3) is 10.9 Å². The van der Waals surface area contributed by atoms with Gasteiger partial charge in [0, 0.05) is 45.2 Å². The summed E-state index contributed by atoms with van der Waals surface area (Å²) in [7, 11) is -0.371. The number of hydrogen-bond acceptors (Lipinski definition) is 7. The smallest absolute Gasteiger partial charge is 0.311 e. The maximum atomic E-state index is 13.7. The third-order valence-electron chi connectivity index (χ3n) is 7.34. The van der Waals surface area contributed by atoms with Crippen molar-refractivity contribution in [1.29, 1.82) is 0 Å². The Hall–Kier alpha value is -4.10. The number of piperazine rings is 1. The first-order chi connectivity index (χ1) is 19.6. The number of amides is 3. The monoisotopic (exact) mass is 598 g/mol. The van der Waals surface area contributed by atoms with Crippen LogP contribution >= 0.6 is 0 Å². The molecular formula is C29H38N6O6S. The number of rotatable bonds is 7. The lowest BCUT2D eigenvalue weighted by molar-refractivity contribution is -0.145. The molecule has 12 nitrogen and oxygen atoms in total. The Balaban J connectivity index is 1.63. The lowest BCUT2D eigenvalue weighted by Crippen LogP contribution is -2.51. The number of nitrogens with zero attached hydrogens (tertiary/aromatic N) is 3. The van der Waals surface area contributed by atoms with E-state index in [0.717, 1.165) is 28.3 Å². The quantitative estimate of drug-likeness (QED) is 0.352. The summed E-state index contributed by atoms with van der Waals surface area (Å²) in [4.78, 5) is 40.5. The number of aromatic nitrogens is 1. The van der Waals surface area contributed by atoms with E-state index < -0.39 is 21.8 Å². The van der Waals surface area contributed by atoms with Crippen molar-refractivity contribution in [2.75, 3.05) is 49.6 Å². The summed E-state index contributed by atoms with van der Waals surface area (Å²) >= 11 is 0. The van der Waals surface area contributed by atoms with Gasteiger partial charge in [0.15, 0.2) is 5.75 Å². The fourth-order valence-corrected chi connectivity index (χ4v) is 5.74. The molecule has 2 aromatic carbocycles. The zero-order valence-corrected chi connectivity index (χ0v) is 25.6. The van der Waals surface area contributed by atoms with E-state index in [1.165, 1.54) is 12.0 Å². The highest BCUT2D eigenvalue weighted by atomic mass is 32.2. The number of carbonyl (C=O) groups is 3. The number of ether oxygens (including phenoxy) is 1. The first-order valence-electron chi connectivity index (χ1n) is 13.5. The second kappa shape index (κ2) is 11.6. The highest BCUT2D eigenvalue weighted by Crippen LogP contribution is 2.39. The Bertz CT molecular complexity index is 1650. The number of methoxy groups -OCH3 is 1. The van der Waals surface area contributed by atoms with E-state index in [0.29, 0.717) is 44.1 Å². The molecule has 42 heavy (non-hydrogen) atoms. The van der Waals surface area contributed by atoms with Crippen LogP contribution in [0.1, 0.15) is 42.4 Å². The molecule has 4 N–H and O–H groups in total. The Kier molecular flexibility index (Phi) is 8.55. The largest absolute Gasteiger partial charge is 0.492 e. The number of nitrogens with two attached hydrogens (primary N) is 1. The Labute approximate surface area is 245 Å². The highest BCUT2D eigenvalue weighted by Gasteiger charge is 2.26. The van der Waals surface area contributed by atoms with Crippen LogP contribution in [0.5, 0.6) is 5.75 Å². The van der Waals surface area contributed by atoms with Crippen LogP contribution < -0.4 is 20.5 Å². The summed E-state index contributed by atoms with van der Waals surface area (Å²) in [5.41, 5.74) is 8.50. The molecule has 4 rings (SSSR count). The SMILES string of the molecule is COc1c(NC(=O)c2cc3cccc(CN4CCN(C(=O)C(N)=O)CC4)c3n2C)cc(C(C)(C)C)cc1NS(C)(=O)=O. The normalized spacial score (nSPS) is 14.6. The third-order valence-corrected chi connectivity index (χ3v) is 7.93. The molecule has 1 aliphatic heterocycles. The van der Waals surface area contributed by atoms with Gasteiger partial charge in [-0.05, 0) is 34.7 Å². The Morgan fingerprint density at radius 2 is 1.67 bits per heavy atom. The second-order valence-electron chi connectivity index (χ2n) is 11.6. The van der Waals surface area contributed by atoms with Gasteiger partial charge in [-0.2, -0.15) is 0 Å². The van der Waals surface area contributed by atoms with Gasteiger partial charge in [0.05, 0.1) is 30.3 Å². The molecule has 0 atom stereocenters. The van der Waals surface area contributed by atoms with Crippen LogP contribution in [0.15, 0.2) is 36.4 Å². The lowest BCUT2D eigenvalue weighted by atomic mass is 9.86. The van der Waals surface area contributed by atoms with Crippen molar-refractivity contribution >= 4 is 50.0 Å². The zero-order valence-electron chi connectivity index (χ0n) is 24.8. The van der Waals surface area contributed by atoms with Crippen molar-refractivity contribution in [2.24, 2.45) is 12.8 Å². The van der Waals surface area contributed by atoms with Gasteiger partial charge in [-0.15, -0.1) is 0 Å². The van der Waals surface area contributed by atoms with E-state index in [4.69, 9.17) is 10.5 Å². The maximum absolute atomic E-state index is 13.7. The molecule has 0 unspecified atom stereocenters. The van der Waals surface area contributed by atoms with Gasteiger partial charge in [0.1, 0.15) is 5.69 Å². The molecule has 3 aromatic rings. The van der Waals surface area contributed by atoms with E-state index in [-0.39, 0.29) is 22.8 Å². The van der Waals surface area contributed by atoms with E-state index in [1.54, 1.807) is 12.1 Å². The molecule has 2 heterocycles. The van der Waals surface area contributed by atoms with Gasteiger partial charge < -0.3 is 25.3 Å². The van der Waals surface area contributed by atoms with Crippen LogP contribution in [-0.4, -0.2) is 80.1 Å². The standard InChI is InChI=1S/C29H38N6O6S/c1-29(2,3)20-15-21(25(41-5)22(16-20)32-42(6,39)40)31-27(37)23-14-18-8-7-9-19(24(18)33(23)4)17-34-10-12-35(13-11-34)28(38)26(30)36/h7-9,14-16,32H,10-13,17H2,1-6H3,(H2,30,36)(H,31,37). The molecule has 1 saturated heterocycles.